The van der Waals surface area contributed by atoms with Gasteiger partial charge in [-0.3, -0.25) is 9.59 Å². The van der Waals surface area contributed by atoms with Crippen LogP contribution in [0.25, 0.3) is 0 Å². The van der Waals surface area contributed by atoms with Crippen LogP contribution in [0.2, 0.25) is 0 Å². The summed E-state index contributed by atoms with van der Waals surface area (Å²) in [6.07, 6.45) is 5.36. The van der Waals surface area contributed by atoms with Gasteiger partial charge in [-0.1, -0.05) is 12.8 Å². The van der Waals surface area contributed by atoms with Crippen molar-refractivity contribution in [2.75, 3.05) is 13.1 Å². The fraction of sp³-hybridized carbons (Fsp3) is 0.846. The van der Waals surface area contributed by atoms with E-state index >= 15 is 0 Å². The summed E-state index contributed by atoms with van der Waals surface area (Å²) in [5.41, 5.74) is 5.48. The predicted molar refractivity (Wildman–Crippen MR) is 68.8 cm³/mol. The lowest BCUT2D eigenvalue weighted by molar-refractivity contribution is -0.130. The highest BCUT2D eigenvalue weighted by Gasteiger charge is 2.38. The van der Waals surface area contributed by atoms with Crippen LogP contribution in [0.1, 0.15) is 45.4 Å². The molecule has 0 aromatic heterocycles. The lowest BCUT2D eigenvalue weighted by atomic mass is 9.96. The summed E-state index contributed by atoms with van der Waals surface area (Å²) >= 11 is 0. The molecule has 2 aliphatic rings. The van der Waals surface area contributed by atoms with Crippen LogP contribution in [0, 0.1) is 0 Å². The number of hydrogen-bond acceptors (Lipinski definition) is 3. The van der Waals surface area contributed by atoms with Gasteiger partial charge >= 0.3 is 0 Å². The Morgan fingerprint density at radius 3 is 2.28 bits per heavy atom. The highest BCUT2D eigenvalue weighted by molar-refractivity contribution is 5.86. The molecule has 1 aliphatic carbocycles. The minimum Gasteiger partial charge on any atom is -0.352 e. The van der Waals surface area contributed by atoms with E-state index in [1.807, 2.05) is 4.90 Å². The van der Waals surface area contributed by atoms with E-state index in [-0.39, 0.29) is 17.9 Å². The molecule has 0 aromatic rings. The second kappa shape index (κ2) is 5.26. The first-order valence-electron chi connectivity index (χ1n) is 6.87. The van der Waals surface area contributed by atoms with Crippen molar-refractivity contribution < 1.29 is 9.59 Å². The van der Waals surface area contributed by atoms with Crippen LogP contribution in [0.3, 0.4) is 0 Å². The van der Waals surface area contributed by atoms with Crippen LogP contribution in [0.4, 0.5) is 0 Å². The highest BCUT2D eigenvalue weighted by atomic mass is 16.2. The number of likely N-dealkylation sites (tertiary alicyclic amines) is 1. The Morgan fingerprint density at radius 1 is 1.22 bits per heavy atom. The van der Waals surface area contributed by atoms with Gasteiger partial charge in [0.15, 0.2) is 0 Å². The van der Waals surface area contributed by atoms with Crippen molar-refractivity contribution >= 4 is 11.8 Å². The molecule has 102 valence electrons. The second-order valence-electron chi connectivity index (χ2n) is 5.62. The third kappa shape index (κ3) is 2.83. The number of nitrogens with one attached hydrogen (secondary N) is 1. The predicted octanol–water partition coefficient (Wildman–Crippen LogP) is 0.385. The monoisotopic (exact) mass is 253 g/mol. The van der Waals surface area contributed by atoms with Gasteiger partial charge in [-0.15, -0.1) is 0 Å². The average molecular weight is 253 g/mol. The van der Waals surface area contributed by atoms with Crippen molar-refractivity contribution in [3.8, 4) is 0 Å². The van der Waals surface area contributed by atoms with Crippen LogP contribution in [0.5, 0.6) is 0 Å². The van der Waals surface area contributed by atoms with E-state index in [0.29, 0.717) is 0 Å². The molecule has 2 fully saturated rings. The summed E-state index contributed by atoms with van der Waals surface area (Å²) in [5.74, 6) is 0.118. The number of amides is 2. The van der Waals surface area contributed by atoms with Gasteiger partial charge in [-0.25, -0.2) is 0 Å². The fourth-order valence-electron chi connectivity index (χ4n) is 2.90. The Balaban J connectivity index is 1.81. The summed E-state index contributed by atoms with van der Waals surface area (Å²) < 4.78 is 0. The van der Waals surface area contributed by atoms with E-state index < -0.39 is 5.54 Å². The second-order valence-corrected chi connectivity index (χ2v) is 5.62. The molecular weight excluding hydrogens is 230 g/mol. The number of nitrogens with zero attached hydrogens (tertiary/aromatic N) is 1. The van der Waals surface area contributed by atoms with Gasteiger partial charge < -0.3 is 16.0 Å². The lowest BCUT2D eigenvalue weighted by Gasteiger charge is -2.33. The van der Waals surface area contributed by atoms with E-state index in [9.17, 15) is 9.59 Å². The Hall–Kier alpha value is -1.10. The standard InChI is InChI=1S/C13H23N3O2/c1-10(17)16-8-4-11(5-9-16)15-12(18)13(14)6-2-3-7-13/h11H,2-9,14H2,1H3,(H,15,18). The molecule has 0 radical (unpaired) electrons. The summed E-state index contributed by atoms with van der Waals surface area (Å²) in [7, 11) is 0. The Kier molecular flexibility index (Phi) is 3.90. The molecule has 2 rings (SSSR count). The fourth-order valence-corrected chi connectivity index (χ4v) is 2.90. The third-order valence-electron chi connectivity index (χ3n) is 4.22. The number of hydrogen-bond donors (Lipinski definition) is 2. The molecule has 0 bridgehead atoms. The largest absolute Gasteiger partial charge is 0.352 e. The zero-order valence-electron chi connectivity index (χ0n) is 11.1. The van der Waals surface area contributed by atoms with E-state index in [1.165, 1.54) is 0 Å². The van der Waals surface area contributed by atoms with Crippen molar-refractivity contribution in [3.63, 3.8) is 0 Å². The highest BCUT2D eigenvalue weighted by Crippen LogP contribution is 2.27. The van der Waals surface area contributed by atoms with Crippen LogP contribution < -0.4 is 11.1 Å². The van der Waals surface area contributed by atoms with E-state index in [2.05, 4.69) is 5.32 Å². The molecule has 1 aliphatic heterocycles. The smallest absolute Gasteiger partial charge is 0.240 e. The zero-order valence-corrected chi connectivity index (χ0v) is 11.1. The molecule has 1 heterocycles. The number of piperidine rings is 1. The van der Waals surface area contributed by atoms with Crippen molar-refractivity contribution in [1.29, 1.82) is 0 Å². The Morgan fingerprint density at radius 2 is 1.78 bits per heavy atom. The quantitative estimate of drug-likeness (QED) is 0.747. The average Bonchev–Trinajstić information content (AvgIpc) is 2.78. The Bertz CT molecular complexity index is 329. The van der Waals surface area contributed by atoms with Gasteiger partial charge in [0, 0.05) is 26.1 Å². The van der Waals surface area contributed by atoms with Crippen molar-refractivity contribution in [2.45, 2.75) is 57.0 Å². The lowest BCUT2D eigenvalue weighted by Crippen LogP contribution is -2.56. The van der Waals surface area contributed by atoms with Crippen molar-refractivity contribution in [2.24, 2.45) is 5.73 Å². The van der Waals surface area contributed by atoms with Gasteiger partial charge in [0.1, 0.15) is 0 Å². The SMILES string of the molecule is CC(=O)N1CCC(NC(=O)C2(N)CCCC2)CC1. The van der Waals surface area contributed by atoms with Crippen LogP contribution in [0.15, 0.2) is 0 Å². The van der Waals surface area contributed by atoms with E-state index in [1.54, 1.807) is 6.92 Å². The molecule has 0 spiro atoms. The van der Waals surface area contributed by atoms with Crippen LogP contribution >= 0.6 is 0 Å². The Labute approximate surface area is 108 Å². The molecule has 1 saturated carbocycles. The van der Waals surface area contributed by atoms with Gasteiger partial charge in [0.2, 0.25) is 11.8 Å². The maximum Gasteiger partial charge on any atom is 0.240 e. The van der Waals surface area contributed by atoms with Gasteiger partial charge in [0.05, 0.1) is 5.54 Å². The number of nitrogens with two attached hydrogens (primary N) is 1. The van der Waals surface area contributed by atoms with Gasteiger partial charge in [-0.2, -0.15) is 0 Å². The van der Waals surface area contributed by atoms with Gasteiger partial charge in [0.25, 0.3) is 0 Å². The first-order chi connectivity index (χ1) is 8.51. The molecule has 5 heteroatoms. The summed E-state index contributed by atoms with van der Waals surface area (Å²) in [4.78, 5) is 25.2. The zero-order chi connectivity index (χ0) is 13.2. The van der Waals surface area contributed by atoms with Crippen LogP contribution in [-0.2, 0) is 9.59 Å². The number of rotatable bonds is 2. The summed E-state index contributed by atoms with van der Waals surface area (Å²) in [6, 6.07) is 0.175. The number of carbonyl (C=O) groups is 2. The molecule has 0 atom stereocenters. The van der Waals surface area contributed by atoms with E-state index in [0.717, 1.165) is 51.6 Å². The molecule has 5 nitrogen and oxygen atoms in total. The molecule has 18 heavy (non-hydrogen) atoms. The van der Waals surface area contributed by atoms with E-state index in [4.69, 9.17) is 5.73 Å². The van der Waals surface area contributed by atoms with Crippen molar-refractivity contribution in [1.82, 2.24) is 10.2 Å². The van der Waals surface area contributed by atoms with Gasteiger partial charge in [-0.05, 0) is 25.7 Å². The molecule has 3 N–H and O–H groups in total. The third-order valence-corrected chi connectivity index (χ3v) is 4.22. The first-order valence-corrected chi connectivity index (χ1v) is 6.87. The number of carbonyl (C=O) groups excluding carboxylic acids is 2. The minimum absolute atomic E-state index is 0.00118. The molecule has 1 saturated heterocycles. The first kappa shape index (κ1) is 13.3. The van der Waals surface area contributed by atoms with Crippen LogP contribution in [-0.4, -0.2) is 41.4 Å². The molecule has 2 amide bonds. The maximum absolute atomic E-state index is 12.1. The molecule has 0 aromatic carbocycles. The molecular formula is C13H23N3O2. The molecule has 0 unspecified atom stereocenters. The maximum atomic E-state index is 12.1. The summed E-state index contributed by atoms with van der Waals surface area (Å²) in [5, 5.41) is 3.06. The minimum atomic E-state index is -0.641. The summed E-state index contributed by atoms with van der Waals surface area (Å²) in [6.45, 7) is 3.06. The normalized spacial score (nSPS) is 24.0. The van der Waals surface area contributed by atoms with Crippen molar-refractivity contribution in [3.05, 3.63) is 0 Å². The topological polar surface area (TPSA) is 75.4 Å².